The Morgan fingerprint density at radius 1 is 0.931 bits per heavy atom. The summed E-state index contributed by atoms with van der Waals surface area (Å²) in [7, 11) is 0. The van der Waals surface area contributed by atoms with Gasteiger partial charge in [-0.25, -0.2) is 9.59 Å². The first-order valence-corrected chi connectivity index (χ1v) is 9.35. The molecule has 0 fully saturated rings. The number of ether oxygens (including phenoxy) is 2. The van der Waals surface area contributed by atoms with Crippen molar-refractivity contribution in [3.63, 3.8) is 0 Å². The predicted molar refractivity (Wildman–Crippen MR) is 107 cm³/mol. The summed E-state index contributed by atoms with van der Waals surface area (Å²) in [6.45, 7) is 7.18. The van der Waals surface area contributed by atoms with Gasteiger partial charge in [-0.1, -0.05) is 35.5 Å². The Morgan fingerprint density at radius 2 is 1.48 bits per heavy atom. The molecule has 2 heterocycles. The minimum Gasteiger partial charge on any atom is -0.462 e. The second-order valence-electron chi connectivity index (χ2n) is 6.29. The van der Waals surface area contributed by atoms with Crippen LogP contribution < -0.4 is 0 Å². The molecular formula is C22H22N2O5. The molecule has 7 nitrogen and oxygen atoms in total. The molecule has 29 heavy (non-hydrogen) atoms. The van der Waals surface area contributed by atoms with Gasteiger partial charge < -0.3 is 14.0 Å². The van der Waals surface area contributed by atoms with Crippen molar-refractivity contribution in [2.45, 2.75) is 27.7 Å². The number of carbonyl (C=O) groups is 2. The van der Waals surface area contributed by atoms with Crippen LogP contribution in [-0.4, -0.2) is 35.3 Å². The minimum absolute atomic E-state index is 0.174. The number of nitrogens with zero attached hydrogens (tertiary/aromatic N) is 2. The van der Waals surface area contributed by atoms with Crippen LogP contribution in [-0.2, 0) is 9.47 Å². The van der Waals surface area contributed by atoms with Crippen molar-refractivity contribution in [3.05, 3.63) is 58.9 Å². The highest BCUT2D eigenvalue weighted by molar-refractivity contribution is 6.06. The van der Waals surface area contributed by atoms with Crippen LogP contribution in [0.15, 0.2) is 40.9 Å². The number of benzene rings is 1. The number of pyridine rings is 1. The lowest BCUT2D eigenvalue weighted by Gasteiger charge is -2.15. The highest BCUT2D eigenvalue weighted by Crippen LogP contribution is 2.34. The van der Waals surface area contributed by atoms with Gasteiger partial charge in [-0.15, -0.1) is 0 Å². The first-order valence-electron chi connectivity index (χ1n) is 9.35. The van der Waals surface area contributed by atoms with E-state index in [9.17, 15) is 9.59 Å². The molecule has 0 bridgehead atoms. The number of hydrogen-bond donors (Lipinski definition) is 0. The molecule has 0 aliphatic heterocycles. The summed E-state index contributed by atoms with van der Waals surface area (Å²) in [4.78, 5) is 29.8. The van der Waals surface area contributed by atoms with Crippen LogP contribution in [0.3, 0.4) is 0 Å². The summed E-state index contributed by atoms with van der Waals surface area (Å²) in [5.41, 5.74) is 2.69. The van der Waals surface area contributed by atoms with Crippen LogP contribution in [0.5, 0.6) is 0 Å². The highest BCUT2D eigenvalue weighted by Gasteiger charge is 2.29. The largest absolute Gasteiger partial charge is 0.462 e. The quantitative estimate of drug-likeness (QED) is 0.573. The molecular weight excluding hydrogens is 372 g/mol. The zero-order valence-electron chi connectivity index (χ0n) is 16.8. The summed E-state index contributed by atoms with van der Waals surface area (Å²) >= 11 is 0. The molecule has 7 heteroatoms. The number of esters is 2. The van der Waals surface area contributed by atoms with E-state index in [1.807, 2.05) is 30.3 Å². The van der Waals surface area contributed by atoms with E-state index >= 15 is 0 Å². The normalized spacial score (nSPS) is 10.6. The van der Waals surface area contributed by atoms with Crippen LogP contribution in [0.25, 0.3) is 22.6 Å². The number of carbonyl (C=O) groups excluding carboxylic acids is 2. The van der Waals surface area contributed by atoms with Crippen LogP contribution in [0.4, 0.5) is 0 Å². The van der Waals surface area contributed by atoms with E-state index in [4.69, 9.17) is 14.0 Å². The molecule has 0 saturated carbocycles. The Kier molecular flexibility index (Phi) is 6.07. The molecule has 1 aromatic carbocycles. The lowest BCUT2D eigenvalue weighted by Crippen LogP contribution is -2.17. The van der Waals surface area contributed by atoms with Gasteiger partial charge in [0, 0.05) is 17.2 Å². The number of aromatic nitrogens is 2. The Balaban J connectivity index is 2.26. The lowest BCUT2D eigenvalue weighted by molar-refractivity contribution is 0.0525. The van der Waals surface area contributed by atoms with Gasteiger partial charge in [0.1, 0.15) is 5.69 Å². The van der Waals surface area contributed by atoms with E-state index in [1.165, 1.54) is 0 Å². The number of hydrogen-bond acceptors (Lipinski definition) is 7. The van der Waals surface area contributed by atoms with E-state index in [-0.39, 0.29) is 24.3 Å². The SMILES string of the molecule is CCOC(=O)c1c(C)nc(C)c(C(=O)OCC)c1-c1cc(-c2ccccc2)on1. The topological polar surface area (TPSA) is 91.5 Å². The summed E-state index contributed by atoms with van der Waals surface area (Å²) < 4.78 is 15.9. The third-order valence-corrected chi connectivity index (χ3v) is 4.34. The molecule has 0 atom stereocenters. The van der Waals surface area contributed by atoms with Crippen molar-refractivity contribution >= 4 is 11.9 Å². The van der Waals surface area contributed by atoms with Crippen molar-refractivity contribution < 1.29 is 23.6 Å². The predicted octanol–water partition coefficient (Wildman–Crippen LogP) is 4.37. The van der Waals surface area contributed by atoms with Gasteiger partial charge in [0.25, 0.3) is 0 Å². The van der Waals surface area contributed by atoms with Crippen molar-refractivity contribution in [1.82, 2.24) is 10.1 Å². The summed E-state index contributed by atoms with van der Waals surface area (Å²) in [5.74, 6) is -0.651. The lowest BCUT2D eigenvalue weighted by atomic mass is 9.95. The first-order chi connectivity index (χ1) is 14.0. The Hall–Kier alpha value is -3.48. The van der Waals surface area contributed by atoms with Crippen molar-refractivity contribution in [2.75, 3.05) is 13.2 Å². The van der Waals surface area contributed by atoms with E-state index < -0.39 is 11.9 Å². The molecule has 0 amide bonds. The van der Waals surface area contributed by atoms with E-state index in [0.717, 1.165) is 5.56 Å². The van der Waals surface area contributed by atoms with Gasteiger partial charge in [0.15, 0.2) is 5.76 Å². The van der Waals surface area contributed by atoms with Gasteiger partial charge >= 0.3 is 11.9 Å². The average Bonchev–Trinajstić information content (AvgIpc) is 3.18. The van der Waals surface area contributed by atoms with Crippen molar-refractivity contribution in [2.24, 2.45) is 0 Å². The summed E-state index contributed by atoms with van der Waals surface area (Å²) in [6, 6.07) is 11.1. The molecule has 3 aromatic rings. The molecule has 0 spiro atoms. The molecule has 0 aliphatic carbocycles. The van der Waals surface area contributed by atoms with Crippen molar-refractivity contribution in [1.29, 1.82) is 0 Å². The highest BCUT2D eigenvalue weighted by atomic mass is 16.5. The van der Waals surface area contributed by atoms with Gasteiger partial charge in [-0.3, -0.25) is 4.98 Å². The molecule has 3 rings (SSSR count). The van der Waals surface area contributed by atoms with Gasteiger partial charge in [-0.05, 0) is 27.7 Å². The Bertz CT molecular complexity index is 999. The fourth-order valence-electron chi connectivity index (χ4n) is 3.14. The zero-order valence-corrected chi connectivity index (χ0v) is 16.8. The van der Waals surface area contributed by atoms with Gasteiger partial charge in [0.2, 0.25) is 0 Å². The third-order valence-electron chi connectivity index (χ3n) is 4.34. The van der Waals surface area contributed by atoms with Gasteiger partial charge in [-0.2, -0.15) is 0 Å². The molecule has 2 aromatic heterocycles. The third kappa shape index (κ3) is 4.03. The Morgan fingerprint density at radius 3 is 2.00 bits per heavy atom. The van der Waals surface area contributed by atoms with Crippen LogP contribution in [0.2, 0.25) is 0 Å². The monoisotopic (exact) mass is 394 g/mol. The fraction of sp³-hybridized carbons (Fsp3) is 0.273. The molecule has 0 N–H and O–H groups in total. The number of aryl methyl sites for hydroxylation is 2. The summed E-state index contributed by atoms with van der Waals surface area (Å²) in [5, 5.41) is 4.13. The zero-order chi connectivity index (χ0) is 21.0. The second kappa shape index (κ2) is 8.68. The molecule has 0 saturated heterocycles. The standard InChI is InChI=1S/C22H22N2O5/c1-5-27-21(25)18-13(3)23-14(4)19(22(26)28-6-2)20(18)16-12-17(29-24-16)15-10-8-7-9-11-15/h7-12H,5-6H2,1-4H3. The Labute approximate surface area is 168 Å². The number of rotatable bonds is 6. The van der Waals surface area contributed by atoms with Crippen molar-refractivity contribution in [3.8, 4) is 22.6 Å². The van der Waals surface area contributed by atoms with Crippen LogP contribution >= 0.6 is 0 Å². The second-order valence-corrected chi connectivity index (χ2v) is 6.29. The fourth-order valence-corrected chi connectivity index (χ4v) is 3.14. The first kappa shape index (κ1) is 20.3. The molecule has 150 valence electrons. The van der Waals surface area contributed by atoms with Gasteiger partial charge in [0.05, 0.1) is 35.7 Å². The minimum atomic E-state index is -0.581. The maximum atomic E-state index is 12.7. The molecule has 0 unspecified atom stereocenters. The maximum absolute atomic E-state index is 12.7. The van der Waals surface area contributed by atoms with Crippen LogP contribution in [0.1, 0.15) is 46.0 Å². The van der Waals surface area contributed by atoms with E-state index in [0.29, 0.717) is 28.4 Å². The smallest absolute Gasteiger partial charge is 0.340 e. The van der Waals surface area contributed by atoms with E-state index in [2.05, 4.69) is 10.1 Å². The van der Waals surface area contributed by atoms with E-state index in [1.54, 1.807) is 33.8 Å². The maximum Gasteiger partial charge on any atom is 0.340 e. The molecule has 0 aliphatic rings. The average molecular weight is 394 g/mol. The van der Waals surface area contributed by atoms with Crippen LogP contribution in [0, 0.1) is 13.8 Å². The summed E-state index contributed by atoms with van der Waals surface area (Å²) in [6.07, 6.45) is 0. The molecule has 0 radical (unpaired) electrons.